The van der Waals surface area contributed by atoms with E-state index in [0.717, 1.165) is 4.31 Å². The topological polar surface area (TPSA) is 82.1 Å². The first-order chi connectivity index (χ1) is 15.9. The molecule has 9 heteroatoms. The van der Waals surface area contributed by atoms with Crippen molar-refractivity contribution in [1.29, 1.82) is 0 Å². The minimum Gasteiger partial charge on any atom is -0.494 e. The van der Waals surface area contributed by atoms with Crippen LogP contribution in [0.25, 0.3) is 0 Å². The number of ether oxygens (including phenoxy) is 3. The fourth-order valence-corrected chi connectivity index (χ4v) is 4.55. The van der Waals surface area contributed by atoms with Crippen LogP contribution in [0.3, 0.4) is 0 Å². The Bertz CT molecular complexity index is 1180. The molecule has 0 aliphatic carbocycles. The van der Waals surface area contributed by atoms with E-state index in [1.54, 1.807) is 36.4 Å². The van der Waals surface area contributed by atoms with Crippen LogP contribution >= 0.6 is 11.6 Å². The molecule has 3 aromatic rings. The third-order valence-electron chi connectivity index (χ3n) is 4.46. The van der Waals surface area contributed by atoms with Crippen LogP contribution in [-0.2, 0) is 14.8 Å². The van der Waals surface area contributed by atoms with Gasteiger partial charge in [-0.2, -0.15) is 4.31 Å². The summed E-state index contributed by atoms with van der Waals surface area (Å²) in [6.45, 7) is 4.01. The van der Waals surface area contributed by atoms with Crippen LogP contribution in [0.4, 0.5) is 5.69 Å². The van der Waals surface area contributed by atoms with E-state index in [1.807, 2.05) is 13.8 Å². The Labute approximate surface area is 198 Å². The number of carbonyl (C=O) groups excluding carboxylic acids is 1. The molecule has 0 spiro atoms. The number of sulfonamides is 1. The number of nitrogens with zero attached hydrogens (tertiary/aromatic N) is 1. The predicted molar refractivity (Wildman–Crippen MR) is 127 cm³/mol. The molecule has 0 heterocycles. The third kappa shape index (κ3) is 5.97. The standard InChI is InChI=1S/C24H24ClNO6S/c1-3-30-20-13-11-19(12-14-20)26(33(28,29)21-15-9-18(25)10-16-21)24(27)17-32-23-8-6-5-7-22(23)31-4-2/h5-16H,3-4,17H2,1-2H3. The first-order valence-corrected chi connectivity index (χ1v) is 12.1. The van der Waals surface area contributed by atoms with Crippen LogP contribution in [0.15, 0.2) is 77.7 Å². The number of amides is 1. The van der Waals surface area contributed by atoms with Gasteiger partial charge in [-0.15, -0.1) is 0 Å². The molecule has 3 aromatic carbocycles. The summed E-state index contributed by atoms with van der Waals surface area (Å²) in [5.74, 6) is 0.573. The highest BCUT2D eigenvalue weighted by Gasteiger charge is 2.31. The summed E-state index contributed by atoms with van der Waals surface area (Å²) in [6.07, 6.45) is 0. The van der Waals surface area contributed by atoms with Gasteiger partial charge in [-0.05, 0) is 74.5 Å². The van der Waals surface area contributed by atoms with Gasteiger partial charge in [0, 0.05) is 5.02 Å². The molecule has 0 unspecified atom stereocenters. The lowest BCUT2D eigenvalue weighted by atomic mass is 10.3. The normalized spacial score (nSPS) is 11.0. The molecule has 0 fully saturated rings. The van der Waals surface area contributed by atoms with Crippen molar-refractivity contribution >= 4 is 33.2 Å². The summed E-state index contributed by atoms with van der Waals surface area (Å²) in [7, 11) is -4.25. The van der Waals surface area contributed by atoms with Gasteiger partial charge in [-0.1, -0.05) is 23.7 Å². The molecule has 33 heavy (non-hydrogen) atoms. The highest BCUT2D eigenvalue weighted by molar-refractivity contribution is 7.93. The van der Waals surface area contributed by atoms with Crippen molar-refractivity contribution in [3.63, 3.8) is 0 Å². The van der Waals surface area contributed by atoms with E-state index in [1.165, 1.54) is 36.4 Å². The lowest BCUT2D eigenvalue weighted by Gasteiger charge is -2.23. The van der Waals surface area contributed by atoms with E-state index in [2.05, 4.69) is 0 Å². The molecule has 0 N–H and O–H groups in total. The number of hydrogen-bond acceptors (Lipinski definition) is 6. The molecule has 7 nitrogen and oxygen atoms in total. The van der Waals surface area contributed by atoms with E-state index < -0.39 is 22.5 Å². The van der Waals surface area contributed by atoms with Crippen molar-refractivity contribution in [1.82, 2.24) is 0 Å². The molecule has 0 aliphatic rings. The molecular weight excluding hydrogens is 466 g/mol. The monoisotopic (exact) mass is 489 g/mol. The Morgan fingerprint density at radius 1 is 0.818 bits per heavy atom. The summed E-state index contributed by atoms with van der Waals surface area (Å²) < 4.78 is 44.1. The fourth-order valence-electron chi connectivity index (χ4n) is 3.02. The predicted octanol–water partition coefficient (Wildman–Crippen LogP) is 4.94. The van der Waals surface area contributed by atoms with Gasteiger partial charge in [-0.25, -0.2) is 8.42 Å². The number of halogens is 1. The quantitative estimate of drug-likeness (QED) is 0.401. The van der Waals surface area contributed by atoms with E-state index in [9.17, 15) is 13.2 Å². The highest BCUT2D eigenvalue weighted by atomic mass is 35.5. The van der Waals surface area contributed by atoms with Crippen molar-refractivity contribution in [2.75, 3.05) is 24.1 Å². The van der Waals surface area contributed by atoms with E-state index in [4.69, 9.17) is 25.8 Å². The zero-order valence-electron chi connectivity index (χ0n) is 18.2. The summed E-state index contributed by atoms with van der Waals surface area (Å²) >= 11 is 5.90. The second-order valence-corrected chi connectivity index (χ2v) is 8.94. The molecule has 0 saturated heterocycles. The maximum atomic E-state index is 13.4. The second-order valence-electron chi connectivity index (χ2n) is 6.71. The molecule has 174 valence electrons. The zero-order valence-corrected chi connectivity index (χ0v) is 19.8. The van der Waals surface area contributed by atoms with Crippen molar-refractivity contribution < 1.29 is 27.4 Å². The Hall–Kier alpha value is -3.23. The number of carbonyl (C=O) groups is 1. The molecule has 0 aromatic heterocycles. The van der Waals surface area contributed by atoms with E-state index in [0.29, 0.717) is 35.5 Å². The van der Waals surface area contributed by atoms with Crippen LogP contribution in [0.1, 0.15) is 13.8 Å². The van der Waals surface area contributed by atoms with E-state index >= 15 is 0 Å². The van der Waals surface area contributed by atoms with E-state index in [-0.39, 0.29) is 10.6 Å². The van der Waals surface area contributed by atoms with Crippen LogP contribution in [0.5, 0.6) is 17.2 Å². The molecule has 3 rings (SSSR count). The average Bonchev–Trinajstić information content (AvgIpc) is 2.80. The SMILES string of the molecule is CCOc1ccc(N(C(=O)COc2ccccc2OCC)S(=O)(=O)c2ccc(Cl)cc2)cc1. The lowest BCUT2D eigenvalue weighted by Crippen LogP contribution is -2.40. The van der Waals surface area contributed by atoms with Gasteiger partial charge in [0.1, 0.15) is 5.75 Å². The smallest absolute Gasteiger partial charge is 0.278 e. The summed E-state index contributed by atoms with van der Waals surface area (Å²) in [5, 5.41) is 0.378. The fraction of sp³-hybridized carbons (Fsp3) is 0.208. The summed E-state index contributed by atoms with van der Waals surface area (Å²) in [5.41, 5.74) is 0.153. The van der Waals surface area contributed by atoms with Crippen LogP contribution in [0, 0.1) is 0 Å². The molecule has 0 aliphatic heterocycles. The first-order valence-electron chi connectivity index (χ1n) is 10.3. The van der Waals surface area contributed by atoms with Gasteiger partial charge >= 0.3 is 0 Å². The van der Waals surface area contributed by atoms with Crippen molar-refractivity contribution in [3.05, 3.63) is 77.8 Å². The van der Waals surface area contributed by atoms with Crippen LogP contribution in [-0.4, -0.2) is 34.1 Å². The number of hydrogen-bond donors (Lipinski definition) is 0. The Morgan fingerprint density at radius 3 is 1.97 bits per heavy atom. The minimum absolute atomic E-state index is 0.0798. The highest BCUT2D eigenvalue weighted by Crippen LogP contribution is 2.29. The number of anilines is 1. The van der Waals surface area contributed by atoms with Crippen LogP contribution < -0.4 is 18.5 Å². The van der Waals surface area contributed by atoms with Gasteiger partial charge in [0.05, 0.1) is 23.8 Å². The summed E-state index contributed by atoms with van der Waals surface area (Å²) in [6, 6.07) is 18.7. The first kappa shape index (κ1) is 24.4. The molecule has 0 saturated carbocycles. The second kappa shape index (κ2) is 11.1. The lowest BCUT2D eigenvalue weighted by molar-refractivity contribution is -0.119. The number of para-hydroxylation sites is 2. The van der Waals surface area contributed by atoms with Gasteiger partial charge in [0.2, 0.25) is 0 Å². The molecular formula is C24H24ClNO6S. The number of rotatable bonds is 10. The Kier molecular flexibility index (Phi) is 8.19. The Balaban J connectivity index is 1.94. The van der Waals surface area contributed by atoms with Gasteiger partial charge < -0.3 is 14.2 Å². The maximum absolute atomic E-state index is 13.4. The van der Waals surface area contributed by atoms with Gasteiger partial charge in [-0.3, -0.25) is 4.79 Å². The van der Waals surface area contributed by atoms with Crippen LogP contribution in [0.2, 0.25) is 5.02 Å². The van der Waals surface area contributed by atoms with Crippen molar-refractivity contribution in [2.24, 2.45) is 0 Å². The minimum atomic E-state index is -4.25. The Morgan fingerprint density at radius 2 is 1.39 bits per heavy atom. The average molecular weight is 490 g/mol. The largest absolute Gasteiger partial charge is 0.494 e. The molecule has 0 bridgehead atoms. The third-order valence-corrected chi connectivity index (χ3v) is 6.48. The summed E-state index contributed by atoms with van der Waals surface area (Å²) in [4.78, 5) is 13.1. The number of benzene rings is 3. The van der Waals surface area contributed by atoms with Gasteiger partial charge in [0.15, 0.2) is 18.1 Å². The molecule has 1 amide bonds. The molecule has 0 radical (unpaired) electrons. The molecule has 0 atom stereocenters. The van der Waals surface area contributed by atoms with Crippen molar-refractivity contribution in [2.45, 2.75) is 18.7 Å². The zero-order chi connectivity index (χ0) is 23.8. The van der Waals surface area contributed by atoms with Gasteiger partial charge in [0.25, 0.3) is 15.9 Å². The maximum Gasteiger partial charge on any atom is 0.278 e. The van der Waals surface area contributed by atoms with Crippen molar-refractivity contribution in [3.8, 4) is 17.2 Å².